The molecule has 2 rings (SSSR count). The number of benzene rings is 1. The van der Waals surface area contributed by atoms with Crippen LogP contribution in [-0.4, -0.2) is 16.6 Å². The van der Waals surface area contributed by atoms with E-state index in [0.717, 1.165) is 11.4 Å². The molecular weight excluding hydrogens is 228 g/mol. The molecule has 1 aromatic carbocycles. The first-order valence-electron chi connectivity index (χ1n) is 5.78. The van der Waals surface area contributed by atoms with Gasteiger partial charge in [0.2, 0.25) is 11.8 Å². The topological polar surface area (TPSA) is 73.1 Å². The van der Waals surface area contributed by atoms with Crippen molar-refractivity contribution in [3.63, 3.8) is 0 Å². The molecule has 0 amide bonds. The van der Waals surface area contributed by atoms with Gasteiger partial charge in [-0.15, -0.1) is 0 Å². The molecule has 0 saturated carbocycles. The number of nitrogens with two attached hydrogens (primary N) is 1. The average Bonchev–Trinajstić information content (AvgIpc) is 2.28. The van der Waals surface area contributed by atoms with Crippen LogP contribution < -0.4 is 15.8 Å². The largest absolute Gasteiger partial charge is 0.478 e. The maximum absolute atomic E-state index is 5.71. The fourth-order valence-corrected chi connectivity index (χ4v) is 1.56. The van der Waals surface area contributed by atoms with Crippen LogP contribution in [0.4, 0.5) is 17.3 Å². The Labute approximate surface area is 106 Å². The normalized spacial score (nSPS) is 10.1. The second-order valence-corrected chi connectivity index (χ2v) is 3.85. The zero-order valence-electron chi connectivity index (χ0n) is 10.5. The molecule has 0 spiro atoms. The van der Waals surface area contributed by atoms with Crippen LogP contribution in [0.3, 0.4) is 0 Å². The molecular formula is C13H16N4O. The SMILES string of the molecule is CCOc1cc(C)nc(Nc2cccc(N)c2)n1. The summed E-state index contributed by atoms with van der Waals surface area (Å²) >= 11 is 0. The van der Waals surface area contributed by atoms with Crippen LogP contribution in [0.15, 0.2) is 30.3 Å². The number of nitrogens with zero attached hydrogens (tertiary/aromatic N) is 2. The van der Waals surface area contributed by atoms with Crippen molar-refractivity contribution in [1.82, 2.24) is 9.97 Å². The fraction of sp³-hybridized carbons (Fsp3) is 0.231. The minimum Gasteiger partial charge on any atom is -0.478 e. The van der Waals surface area contributed by atoms with E-state index in [1.54, 1.807) is 6.07 Å². The number of anilines is 3. The molecule has 0 bridgehead atoms. The standard InChI is InChI=1S/C13H16N4O/c1-3-18-12-7-9(2)15-13(17-12)16-11-6-4-5-10(14)8-11/h4-8H,3,14H2,1-2H3,(H,15,16,17). The Hall–Kier alpha value is -2.30. The second kappa shape index (κ2) is 5.35. The summed E-state index contributed by atoms with van der Waals surface area (Å²) < 4.78 is 5.37. The molecule has 0 fully saturated rings. The van der Waals surface area contributed by atoms with Crippen molar-refractivity contribution in [3.05, 3.63) is 36.0 Å². The first-order chi connectivity index (χ1) is 8.67. The molecule has 0 unspecified atom stereocenters. The van der Waals surface area contributed by atoms with Gasteiger partial charge in [0.1, 0.15) is 0 Å². The predicted molar refractivity (Wildman–Crippen MR) is 72.1 cm³/mol. The Morgan fingerprint density at radius 2 is 2.11 bits per heavy atom. The molecule has 0 aliphatic heterocycles. The van der Waals surface area contributed by atoms with Crippen molar-refractivity contribution in [2.24, 2.45) is 0 Å². The zero-order chi connectivity index (χ0) is 13.0. The van der Waals surface area contributed by atoms with Crippen LogP contribution in [-0.2, 0) is 0 Å². The number of ether oxygens (including phenoxy) is 1. The second-order valence-electron chi connectivity index (χ2n) is 3.85. The van der Waals surface area contributed by atoms with Crippen molar-refractivity contribution in [3.8, 4) is 5.88 Å². The summed E-state index contributed by atoms with van der Waals surface area (Å²) in [5.41, 5.74) is 8.10. The van der Waals surface area contributed by atoms with Gasteiger partial charge < -0.3 is 15.8 Å². The Balaban J connectivity index is 2.23. The molecule has 5 heteroatoms. The van der Waals surface area contributed by atoms with Crippen LogP contribution in [0.1, 0.15) is 12.6 Å². The third-order valence-corrected chi connectivity index (χ3v) is 2.27. The molecule has 1 heterocycles. The van der Waals surface area contributed by atoms with Crippen LogP contribution in [0.2, 0.25) is 0 Å². The van der Waals surface area contributed by atoms with Gasteiger partial charge >= 0.3 is 0 Å². The van der Waals surface area contributed by atoms with Crippen LogP contribution in [0.5, 0.6) is 5.88 Å². The lowest BCUT2D eigenvalue weighted by Gasteiger charge is -2.08. The first kappa shape index (κ1) is 12.2. The van der Waals surface area contributed by atoms with Gasteiger partial charge in [0, 0.05) is 23.1 Å². The summed E-state index contributed by atoms with van der Waals surface area (Å²) in [7, 11) is 0. The number of rotatable bonds is 4. The van der Waals surface area contributed by atoms with Gasteiger partial charge in [-0.2, -0.15) is 4.98 Å². The van der Waals surface area contributed by atoms with Crippen LogP contribution in [0, 0.1) is 6.92 Å². The van der Waals surface area contributed by atoms with Gasteiger partial charge in [-0.3, -0.25) is 0 Å². The van der Waals surface area contributed by atoms with Crippen molar-refractivity contribution in [1.29, 1.82) is 0 Å². The molecule has 0 radical (unpaired) electrons. The summed E-state index contributed by atoms with van der Waals surface area (Å²) in [6.07, 6.45) is 0. The number of aryl methyl sites for hydroxylation is 1. The lowest BCUT2D eigenvalue weighted by atomic mass is 10.3. The van der Waals surface area contributed by atoms with E-state index in [-0.39, 0.29) is 0 Å². The number of nitrogens with one attached hydrogen (secondary N) is 1. The molecule has 0 aliphatic rings. The number of hydrogen-bond acceptors (Lipinski definition) is 5. The minimum absolute atomic E-state index is 0.504. The monoisotopic (exact) mass is 244 g/mol. The fourth-order valence-electron chi connectivity index (χ4n) is 1.56. The van der Waals surface area contributed by atoms with Gasteiger partial charge in [-0.1, -0.05) is 6.07 Å². The number of aromatic nitrogens is 2. The third-order valence-electron chi connectivity index (χ3n) is 2.27. The van der Waals surface area contributed by atoms with E-state index in [1.807, 2.05) is 38.1 Å². The third kappa shape index (κ3) is 3.10. The molecule has 0 aliphatic carbocycles. The Morgan fingerprint density at radius 3 is 2.83 bits per heavy atom. The molecule has 2 aromatic rings. The number of hydrogen-bond donors (Lipinski definition) is 2. The van der Waals surface area contributed by atoms with E-state index in [9.17, 15) is 0 Å². The smallest absolute Gasteiger partial charge is 0.230 e. The van der Waals surface area contributed by atoms with Crippen LogP contribution in [0.25, 0.3) is 0 Å². The van der Waals surface area contributed by atoms with Crippen molar-refractivity contribution >= 4 is 17.3 Å². The lowest BCUT2D eigenvalue weighted by Crippen LogP contribution is -2.02. The van der Waals surface area contributed by atoms with E-state index in [4.69, 9.17) is 10.5 Å². The van der Waals surface area contributed by atoms with E-state index in [0.29, 0.717) is 24.1 Å². The Kier molecular flexibility index (Phi) is 3.62. The van der Waals surface area contributed by atoms with Crippen molar-refractivity contribution < 1.29 is 4.74 Å². The van der Waals surface area contributed by atoms with E-state index < -0.39 is 0 Å². The highest BCUT2D eigenvalue weighted by molar-refractivity contribution is 5.59. The van der Waals surface area contributed by atoms with Gasteiger partial charge in [0.05, 0.1) is 6.61 Å². The summed E-state index contributed by atoms with van der Waals surface area (Å²) in [6, 6.07) is 9.23. The number of nitrogen functional groups attached to an aromatic ring is 1. The van der Waals surface area contributed by atoms with E-state index >= 15 is 0 Å². The van der Waals surface area contributed by atoms with Crippen molar-refractivity contribution in [2.45, 2.75) is 13.8 Å². The Bertz CT molecular complexity index is 542. The van der Waals surface area contributed by atoms with E-state index in [1.165, 1.54) is 0 Å². The highest BCUT2D eigenvalue weighted by Crippen LogP contribution is 2.18. The molecule has 1 aromatic heterocycles. The van der Waals surface area contributed by atoms with Gasteiger partial charge in [0.15, 0.2) is 0 Å². The van der Waals surface area contributed by atoms with Gasteiger partial charge in [0.25, 0.3) is 0 Å². The summed E-state index contributed by atoms with van der Waals surface area (Å²) in [5.74, 6) is 1.07. The predicted octanol–water partition coefficient (Wildman–Crippen LogP) is 2.51. The highest BCUT2D eigenvalue weighted by atomic mass is 16.5. The highest BCUT2D eigenvalue weighted by Gasteiger charge is 2.03. The van der Waals surface area contributed by atoms with Gasteiger partial charge in [-0.25, -0.2) is 4.98 Å². The summed E-state index contributed by atoms with van der Waals surface area (Å²) in [6.45, 7) is 4.39. The molecule has 94 valence electrons. The molecule has 5 nitrogen and oxygen atoms in total. The van der Waals surface area contributed by atoms with E-state index in [2.05, 4.69) is 15.3 Å². The molecule has 0 saturated heterocycles. The molecule has 0 atom stereocenters. The molecule has 3 N–H and O–H groups in total. The summed E-state index contributed by atoms with van der Waals surface area (Å²) in [5, 5.41) is 3.10. The average molecular weight is 244 g/mol. The Morgan fingerprint density at radius 1 is 1.28 bits per heavy atom. The van der Waals surface area contributed by atoms with Gasteiger partial charge in [-0.05, 0) is 32.0 Å². The summed E-state index contributed by atoms with van der Waals surface area (Å²) in [4.78, 5) is 8.56. The first-order valence-corrected chi connectivity index (χ1v) is 5.78. The molecule has 18 heavy (non-hydrogen) atoms. The maximum Gasteiger partial charge on any atom is 0.230 e. The zero-order valence-corrected chi connectivity index (χ0v) is 10.5. The maximum atomic E-state index is 5.71. The van der Waals surface area contributed by atoms with Crippen LogP contribution >= 0.6 is 0 Å². The minimum atomic E-state index is 0.504. The van der Waals surface area contributed by atoms with Crippen molar-refractivity contribution in [2.75, 3.05) is 17.7 Å². The lowest BCUT2D eigenvalue weighted by molar-refractivity contribution is 0.326. The quantitative estimate of drug-likeness (QED) is 0.808.